The molecule has 1 fully saturated rings. The second-order valence-corrected chi connectivity index (χ2v) is 10.6. The van der Waals surface area contributed by atoms with Gasteiger partial charge in [-0.3, -0.25) is 4.98 Å². The Balaban J connectivity index is 1.62. The maximum atomic E-state index is 6.73. The van der Waals surface area contributed by atoms with Crippen LogP contribution in [-0.4, -0.2) is 4.98 Å². The van der Waals surface area contributed by atoms with Crippen molar-refractivity contribution in [1.29, 1.82) is 0 Å². The number of hydrogen-bond donors (Lipinski definition) is 0. The van der Waals surface area contributed by atoms with Crippen LogP contribution in [0.4, 0.5) is 0 Å². The highest BCUT2D eigenvalue weighted by Crippen LogP contribution is 2.54. The Morgan fingerprint density at radius 3 is 2.60 bits per heavy atom. The Kier molecular flexibility index (Phi) is 5.29. The van der Waals surface area contributed by atoms with E-state index in [4.69, 9.17) is 16.0 Å². The van der Waals surface area contributed by atoms with Gasteiger partial charge in [-0.05, 0) is 78.1 Å². The fourth-order valence-corrected chi connectivity index (χ4v) is 6.38. The van der Waals surface area contributed by atoms with Crippen molar-refractivity contribution in [3.05, 3.63) is 101 Å². The molecular weight excluding hydrogens is 426 g/mol. The topological polar surface area (TPSA) is 26.0 Å². The Labute approximate surface area is 208 Å². The number of aromatic nitrogens is 1. The molecule has 0 radical (unpaired) electrons. The number of hydrogen-bond acceptors (Lipinski definition) is 2. The summed E-state index contributed by atoms with van der Waals surface area (Å²) in [5.41, 5.74) is 10.7. The average molecular weight is 460 g/mol. The summed E-state index contributed by atoms with van der Waals surface area (Å²) in [6.45, 7) is 11.4. The smallest absolute Gasteiger partial charge is 0.145 e. The standard InChI is InChI=1S/C33H33NO/c1-21(2)25-16-19-34-28(20-25)30-22(3)14-15-26-31-23(4)33(17-7-8-18-33)27-12-6-5-10-24(27)11-9-13-29(31)35-32(26)30/h5-6,9-10,12-16,19-21H,4,7-8,11,17-18H2,1-3H3/b13-9-. The van der Waals surface area contributed by atoms with Crippen LogP contribution in [-0.2, 0) is 11.8 Å². The minimum Gasteiger partial charge on any atom is -0.455 e. The maximum absolute atomic E-state index is 6.73. The third kappa shape index (κ3) is 3.42. The van der Waals surface area contributed by atoms with Gasteiger partial charge >= 0.3 is 0 Å². The molecular formula is C33H33NO. The van der Waals surface area contributed by atoms with Crippen molar-refractivity contribution < 1.29 is 4.42 Å². The third-order valence-corrected chi connectivity index (χ3v) is 8.28. The molecule has 2 aromatic carbocycles. The minimum atomic E-state index is -0.0327. The van der Waals surface area contributed by atoms with Crippen molar-refractivity contribution in [3.63, 3.8) is 0 Å². The molecule has 0 aliphatic heterocycles. The molecule has 176 valence electrons. The highest BCUT2D eigenvalue weighted by atomic mass is 16.3. The molecule has 2 aliphatic carbocycles. The summed E-state index contributed by atoms with van der Waals surface area (Å²) in [7, 11) is 0. The highest BCUT2D eigenvalue weighted by molar-refractivity contribution is 6.03. The molecule has 1 spiro atoms. The molecule has 1 saturated carbocycles. The van der Waals surface area contributed by atoms with E-state index >= 15 is 0 Å². The van der Waals surface area contributed by atoms with Gasteiger partial charge in [0.15, 0.2) is 0 Å². The molecule has 2 heterocycles. The van der Waals surface area contributed by atoms with Crippen LogP contribution in [0.25, 0.3) is 33.9 Å². The monoisotopic (exact) mass is 459 g/mol. The van der Waals surface area contributed by atoms with Gasteiger partial charge in [0.05, 0.1) is 5.69 Å². The van der Waals surface area contributed by atoms with Crippen LogP contribution in [0.2, 0.25) is 0 Å². The second-order valence-electron chi connectivity index (χ2n) is 10.6. The van der Waals surface area contributed by atoms with Gasteiger partial charge in [-0.25, -0.2) is 0 Å². The van der Waals surface area contributed by atoms with E-state index < -0.39 is 0 Å². The Morgan fingerprint density at radius 2 is 1.80 bits per heavy atom. The summed E-state index contributed by atoms with van der Waals surface area (Å²) >= 11 is 0. The van der Waals surface area contributed by atoms with Gasteiger partial charge < -0.3 is 4.42 Å². The predicted molar refractivity (Wildman–Crippen MR) is 147 cm³/mol. The zero-order valence-electron chi connectivity index (χ0n) is 21.0. The zero-order chi connectivity index (χ0) is 24.2. The molecule has 0 atom stereocenters. The lowest BCUT2D eigenvalue weighted by molar-refractivity contribution is 0.568. The van der Waals surface area contributed by atoms with Gasteiger partial charge in [-0.1, -0.05) is 75.7 Å². The molecule has 0 amide bonds. The van der Waals surface area contributed by atoms with Gasteiger partial charge in [0.25, 0.3) is 0 Å². The number of nitrogens with zero attached hydrogens (tertiary/aromatic N) is 1. The first-order chi connectivity index (χ1) is 17.0. The lowest BCUT2D eigenvalue weighted by Gasteiger charge is -2.34. The normalized spacial score (nSPS) is 17.8. The van der Waals surface area contributed by atoms with E-state index in [-0.39, 0.29) is 5.41 Å². The number of benzene rings is 2. The Bertz CT molecular complexity index is 1480. The summed E-state index contributed by atoms with van der Waals surface area (Å²) in [4.78, 5) is 4.78. The molecule has 2 nitrogen and oxygen atoms in total. The first-order valence-electron chi connectivity index (χ1n) is 13.0. The van der Waals surface area contributed by atoms with E-state index in [1.165, 1.54) is 46.2 Å². The second kappa shape index (κ2) is 8.37. The first kappa shape index (κ1) is 22.1. The number of aryl methyl sites for hydroxylation is 1. The lowest BCUT2D eigenvalue weighted by atomic mass is 9.69. The Morgan fingerprint density at radius 1 is 1.00 bits per heavy atom. The van der Waals surface area contributed by atoms with Crippen LogP contribution >= 0.6 is 0 Å². The molecule has 35 heavy (non-hydrogen) atoms. The fraction of sp³-hybridized carbons (Fsp3) is 0.303. The molecule has 2 heteroatoms. The van der Waals surface area contributed by atoms with Crippen molar-refractivity contribution in [2.24, 2.45) is 0 Å². The van der Waals surface area contributed by atoms with E-state index in [9.17, 15) is 0 Å². The average Bonchev–Trinajstić information content (AvgIpc) is 3.50. The molecule has 4 aromatic rings. The van der Waals surface area contributed by atoms with E-state index in [2.05, 4.69) is 81.5 Å². The maximum Gasteiger partial charge on any atom is 0.145 e. The first-order valence-corrected chi connectivity index (χ1v) is 13.0. The molecule has 2 aliphatic rings. The number of pyridine rings is 1. The van der Waals surface area contributed by atoms with Crippen molar-refractivity contribution in [2.45, 2.75) is 64.2 Å². The summed E-state index contributed by atoms with van der Waals surface area (Å²) in [5.74, 6) is 1.37. The van der Waals surface area contributed by atoms with Crippen molar-refractivity contribution in [3.8, 4) is 11.3 Å². The molecule has 0 saturated heterocycles. The van der Waals surface area contributed by atoms with E-state index in [0.717, 1.165) is 47.2 Å². The van der Waals surface area contributed by atoms with Crippen LogP contribution < -0.4 is 0 Å². The van der Waals surface area contributed by atoms with Crippen molar-refractivity contribution in [2.75, 3.05) is 0 Å². The Hall–Kier alpha value is -3.39. The van der Waals surface area contributed by atoms with Crippen molar-refractivity contribution >= 4 is 22.6 Å². The van der Waals surface area contributed by atoms with Crippen LogP contribution in [0.15, 0.2) is 71.8 Å². The number of rotatable bonds is 2. The largest absolute Gasteiger partial charge is 0.455 e. The van der Waals surface area contributed by atoms with Gasteiger partial charge in [-0.15, -0.1) is 0 Å². The number of fused-ring (bicyclic) bond motifs is 5. The van der Waals surface area contributed by atoms with Crippen LogP contribution in [0.3, 0.4) is 0 Å². The quantitative estimate of drug-likeness (QED) is 0.299. The van der Waals surface area contributed by atoms with Gasteiger partial charge in [0, 0.05) is 28.1 Å². The summed E-state index contributed by atoms with van der Waals surface area (Å²) < 4.78 is 6.73. The number of allylic oxidation sites excluding steroid dienone is 2. The van der Waals surface area contributed by atoms with Gasteiger partial charge in [0.2, 0.25) is 0 Å². The summed E-state index contributed by atoms with van der Waals surface area (Å²) in [6, 6.07) is 17.8. The van der Waals surface area contributed by atoms with E-state index in [0.29, 0.717) is 5.92 Å². The third-order valence-electron chi connectivity index (χ3n) is 8.28. The molecule has 2 aromatic heterocycles. The summed E-state index contributed by atoms with van der Waals surface area (Å²) in [5, 5.41) is 1.15. The molecule has 6 rings (SSSR count). The van der Waals surface area contributed by atoms with E-state index in [1.807, 2.05) is 6.20 Å². The van der Waals surface area contributed by atoms with Crippen LogP contribution in [0.1, 0.15) is 79.0 Å². The van der Waals surface area contributed by atoms with Crippen molar-refractivity contribution in [1.82, 2.24) is 4.98 Å². The number of furan rings is 1. The van der Waals surface area contributed by atoms with Crippen LogP contribution in [0, 0.1) is 6.92 Å². The minimum absolute atomic E-state index is 0.0327. The lowest BCUT2D eigenvalue weighted by Crippen LogP contribution is -2.25. The molecule has 0 bridgehead atoms. The van der Waals surface area contributed by atoms with Crippen LogP contribution in [0.5, 0.6) is 0 Å². The van der Waals surface area contributed by atoms with Gasteiger partial charge in [0.1, 0.15) is 11.3 Å². The van der Waals surface area contributed by atoms with E-state index in [1.54, 1.807) is 0 Å². The fourth-order valence-electron chi connectivity index (χ4n) is 6.38. The zero-order valence-corrected chi connectivity index (χ0v) is 21.0. The molecule has 0 N–H and O–H groups in total. The SMILES string of the molecule is C=C1c2c(oc3c(-c4cc(C(C)C)ccn4)c(C)ccc23)/C=C\Cc2ccccc2C12CCCC2. The molecule has 0 unspecified atom stereocenters. The van der Waals surface area contributed by atoms with Gasteiger partial charge in [-0.2, -0.15) is 0 Å². The summed E-state index contributed by atoms with van der Waals surface area (Å²) in [6.07, 6.45) is 12.0. The highest BCUT2D eigenvalue weighted by Gasteiger charge is 2.42. The predicted octanol–water partition coefficient (Wildman–Crippen LogP) is 9.02.